The zero-order valence-electron chi connectivity index (χ0n) is 13.2. The van der Waals surface area contributed by atoms with Crippen LogP contribution in [-0.4, -0.2) is 22.8 Å². The second kappa shape index (κ2) is 6.24. The Bertz CT molecular complexity index is 798. The summed E-state index contributed by atoms with van der Waals surface area (Å²) >= 11 is 0. The zero-order valence-corrected chi connectivity index (χ0v) is 13.2. The molecule has 0 bridgehead atoms. The molecule has 0 saturated heterocycles. The summed E-state index contributed by atoms with van der Waals surface area (Å²) in [6.07, 6.45) is 2.75. The number of para-hydroxylation sites is 2. The van der Waals surface area contributed by atoms with Gasteiger partial charge in [0.2, 0.25) is 5.91 Å². The lowest BCUT2D eigenvalue weighted by Crippen LogP contribution is -2.34. The first-order valence-electron chi connectivity index (χ1n) is 7.65. The number of rotatable bonds is 4. The third-order valence-corrected chi connectivity index (χ3v) is 4.09. The minimum Gasteiger partial charge on any atom is -0.495 e. The quantitative estimate of drug-likeness (QED) is 0.936. The average molecular weight is 313 g/mol. The summed E-state index contributed by atoms with van der Waals surface area (Å²) in [5.41, 5.74) is 2.25. The maximum atomic E-state index is 12.5. The summed E-state index contributed by atoms with van der Waals surface area (Å²) in [6.45, 7) is 1.67. The Kier molecular flexibility index (Phi) is 4.14. The van der Waals surface area contributed by atoms with Gasteiger partial charge in [-0.1, -0.05) is 12.1 Å². The SMILES string of the molecule is COc1ccccc1NC(=O)C(C)n1nc2c(cc1=O)CCC2. The highest BCUT2D eigenvalue weighted by atomic mass is 16.5. The van der Waals surface area contributed by atoms with Crippen molar-refractivity contribution in [1.82, 2.24) is 9.78 Å². The highest BCUT2D eigenvalue weighted by molar-refractivity contribution is 5.94. The second-order valence-corrected chi connectivity index (χ2v) is 5.62. The number of carbonyl (C=O) groups excluding carboxylic acids is 1. The predicted octanol–water partition coefficient (Wildman–Crippen LogP) is 1.94. The monoisotopic (exact) mass is 313 g/mol. The second-order valence-electron chi connectivity index (χ2n) is 5.62. The van der Waals surface area contributed by atoms with Crippen molar-refractivity contribution in [1.29, 1.82) is 0 Å². The number of hydrogen-bond donors (Lipinski definition) is 1. The van der Waals surface area contributed by atoms with E-state index in [1.54, 1.807) is 32.2 Å². The minimum absolute atomic E-state index is 0.242. The van der Waals surface area contributed by atoms with E-state index in [2.05, 4.69) is 10.4 Å². The number of benzene rings is 1. The normalized spacial score (nSPS) is 14.2. The maximum Gasteiger partial charge on any atom is 0.267 e. The molecule has 1 aliphatic rings. The van der Waals surface area contributed by atoms with Crippen LogP contribution in [0.1, 0.15) is 30.6 Å². The van der Waals surface area contributed by atoms with Crippen molar-refractivity contribution < 1.29 is 9.53 Å². The number of nitrogens with one attached hydrogen (secondary N) is 1. The standard InChI is InChI=1S/C17H19N3O3/c1-11(17(22)18-14-7-3-4-9-15(14)23-2)20-16(21)10-12-6-5-8-13(12)19-20/h3-4,7,9-11H,5-6,8H2,1-2H3,(H,18,22). The number of anilines is 1. The molecule has 0 radical (unpaired) electrons. The molecule has 1 amide bonds. The lowest BCUT2D eigenvalue weighted by Gasteiger charge is -2.16. The molecule has 23 heavy (non-hydrogen) atoms. The van der Waals surface area contributed by atoms with Gasteiger partial charge in [-0.15, -0.1) is 0 Å². The maximum absolute atomic E-state index is 12.5. The van der Waals surface area contributed by atoms with Crippen LogP contribution in [0.5, 0.6) is 5.75 Å². The van der Waals surface area contributed by atoms with E-state index < -0.39 is 6.04 Å². The topological polar surface area (TPSA) is 73.2 Å². The Morgan fingerprint density at radius 3 is 2.91 bits per heavy atom. The van der Waals surface area contributed by atoms with Crippen LogP contribution in [0, 0.1) is 0 Å². The van der Waals surface area contributed by atoms with E-state index in [0.717, 1.165) is 30.5 Å². The van der Waals surface area contributed by atoms with Gasteiger partial charge in [0.05, 0.1) is 18.5 Å². The summed E-state index contributed by atoms with van der Waals surface area (Å²) in [5.74, 6) is 0.268. The summed E-state index contributed by atoms with van der Waals surface area (Å²) in [6, 6.07) is 8.05. The molecule has 0 spiro atoms. The highest BCUT2D eigenvalue weighted by Crippen LogP contribution is 2.24. The number of methoxy groups -OCH3 is 1. The predicted molar refractivity (Wildman–Crippen MR) is 86.9 cm³/mol. The van der Waals surface area contributed by atoms with E-state index in [-0.39, 0.29) is 11.5 Å². The molecule has 1 aromatic heterocycles. The van der Waals surface area contributed by atoms with Gasteiger partial charge in [0.15, 0.2) is 0 Å². The summed E-state index contributed by atoms with van der Waals surface area (Å²) in [4.78, 5) is 24.7. The Balaban J connectivity index is 1.84. The van der Waals surface area contributed by atoms with Gasteiger partial charge in [0, 0.05) is 6.07 Å². The molecule has 1 unspecified atom stereocenters. The third-order valence-electron chi connectivity index (χ3n) is 4.09. The van der Waals surface area contributed by atoms with E-state index in [1.165, 1.54) is 4.68 Å². The molecule has 120 valence electrons. The number of hydrogen-bond acceptors (Lipinski definition) is 4. The third kappa shape index (κ3) is 2.97. The molecule has 1 aliphatic carbocycles. The van der Waals surface area contributed by atoms with Crippen molar-refractivity contribution in [3.63, 3.8) is 0 Å². The van der Waals surface area contributed by atoms with Crippen molar-refractivity contribution in [2.24, 2.45) is 0 Å². The van der Waals surface area contributed by atoms with Gasteiger partial charge in [-0.25, -0.2) is 4.68 Å². The summed E-state index contributed by atoms with van der Waals surface area (Å²) < 4.78 is 6.48. The van der Waals surface area contributed by atoms with E-state index >= 15 is 0 Å². The lowest BCUT2D eigenvalue weighted by atomic mass is 10.2. The minimum atomic E-state index is -0.696. The molecule has 0 aliphatic heterocycles. The van der Waals surface area contributed by atoms with E-state index in [1.807, 2.05) is 12.1 Å². The van der Waals surface area contributed by atoms with Crippen LogP contribution in [0.15, 0.2) is 35.1 Å². The van der Waals surface area contributed by atoms with Crippen molar-refractivity contribution in [3.05, 3.63) is 51.9 Å². The smallest absolute Gasteiger partial charge is 0.267 e. The number of carbonyl (C=O) groups is 1. The van der Waals surface area contributed by atoms with Crippen LogP contribution in [0.25, 0.3) is 0 Å². The molecule has 2 aromatic rings. The number of nitrogens with zero attached hydrogens (tertiary/aromatic N) is 2. The van der Waals surface area contributed by atoms with Gasteiger partial charge in [-0.3, -0.25) is 9.59 Å². The fourth-order valence-electron chi connectivity index (χ4n) is 2.79. The molecule has 3 rings (SSSR count). The Labute approximate surface area is 134 Å². The number of ether oxygens (including phenoxy) is 1. The molecule has 6 nitrogen and oxygen atoms in total. The van der Waals surface area contributed by atoms with Crippen molar-refractivity contribution >= 4 is 11.6 Å². The largest absolute Gasteiger partial charge is 0.495 e. The molecule has 1 N–H and O–H groups in total. The van der Waals surface area contributed by atoms with Crippen LogP contribution in [-0.2, 0) is 17.6 Å². The molecule has 1 aromatic carbocycles. The first kappa shape index (κ1) is 15.3. The zero-order chi connectivity index (χ0) is 16.4. The highest BCUT2D eigenvalue weighted by Gasteiger charge is 2.22. The first-order valence-corrected chi connectivity index (χ1v) is 7.65. The molecule has 0 fully saturated rings. The molecule has 0 saturated carbocycles. The van der Waals surface area contributed by atoms with Gasteiger partial charge >= 0.3 is 0 Å². The lowest BCUT2D eigenvalue weighted by molar-refractivity contribution is -0.119. The Morgan fingerprint density at radius 2 is 2.13 bits per heavy atom. The number of amides is 1. The van der Waals surface area contributed by atoms with Gasteiger partial charge in [-0.05, 0) is 43.9 Å². The first-order chi connectivity index (χ1) is 11.1. The molecular weight excluding hydrogens is 294 g/mol. The molecule has 1 atom stereocenters. The molecule has 6 heteroatoms. The summed E-state index contributed by atoms with van der Waals surface area (Å²) in [7, 11) is 1.54. The Morgan fingerprint density at radius 1 is 1.35 bits per heavy atom. The van der Waals surface area contributed by atoms with Crippen LogP contribution < -0.4 is 15.6 Å². The van der Waals surface area contributed by atoms with Gasteiger partial charge < -0.3 is 10.1 Å². The number of aryl methyl sites for hydroxylation is 2. The van der Waals surface area contributed by atoms with Gasteiger partial charge in [0.1, 0.15) is 11.8 Å². The number of fused-ring (bicyclic) bond motifs is 1. The van der Waals surface area contributed by atoms with Crippen molar-refractivity contribution in [3.8, 4) is 5.75 Å². The van der Waals surface area contributed by atoms with Crippen molar-refractivity contribution in [2.45, 2.75) is 32.2 Å². The van der Waals surface area contributed by atoms with E-state index in [4.69, 9.17) is 4.74 Å². The van der Waals surface area contributed by atoms with Crippen LogP contribution in [0.4, 0.5) is 5.69 Å². The van der Waals surface area contributed by atoms with Crippen molar-refractivity contribution in [2.75, 3.05) is 12.4 Å². The van der Waals surface area contributed by atoms with Crippen LogP contribution in [0.3, 0.4) is 0 Å². The molecule has 1 heterocycles. The van der Waals surface area contributed by atoms with E-state index in [0.29, 0.717) is 11.4 Å². The van der Waals surface area contributed by atoms with Crippen LogP contribution >= 0.6 is 0 Å². The molecular formula is C17H19N3O3. The average Bonchev–Trinajstić information content (AvgIpc) is 3.01. The fourth-order valence-corrected chi connectivity index (χ4v) is 2.79. The van der Waals surface area contributed by atoms with Crippen LogP contribution in [0.2, 0.25) is 0 Å². The van der Waals surface area contributed by atoms with Gasteiger partial charge in [-0.2, -0.15) is 5.10 Å². The van der Waals surface area contributed by atoms with E-state index in [9.17, 15) is 9.59 Å². The number of aromatic nitrogens is 2. The summed E-state index contributed by atoms with van der Waals surface area (Å²) in [5, 5.41) is 7.16. The Hall–Kier alpha value is -2.63. The van der Waals surface area contributed by atoms with Gasteiger partial charge in [0.25, 0.3) is 5.56 Å². The fraction of sp³-hybridized carbons (Fsp3) is 0.353.